The lowest BCUT2D eigenvalue weighted by Crippen LogP contribution is -2.12. The molecule has 20 heavy (non-hydrogen) atoms. The van der Waals surface area contributed by atoms with Crippen molar-refractivity contribution in [2.75, 3.05) is 5.73 Å². The summed E-state index contributed by atoms with van der Waals surface area (Å²) in [6, 6.07) is 10.5. The van der Waals surface area contributed by atoms with Gasteiger partial charge in [-0.3, -0.25) is 5.32 Å². The molecule has 0 bridgehead atoms. The van der Waals surface area contributed by atoms with Gasteiger partial charge >= 0.3 is 0 Å². The van der Waals surface area contributed by atoms with Gasteiger partial charge in [0.2, 0.25) is 0 Å². The van der Waals surface area contributed by atoms with Gasteiger partial charge in [0.15, 0.2) is 0 Å². The normalized spacial score (nSPS) is 16.8. The maximum absolute atomic E-state index is 11.0. The largest absolute Gasteiger partial charge is 0.456 e. The van der Waals surface area contributed by atoms with Crippen molar-refractivity contribution in [3.05, 3.63) is 52.5 Å². The number of halogens is 1. The molecule has 1 unspecified atom stereocenters. The van der Waals surface area contributed by atoms with Crippen LogP contribution >= 0.6 is 11.6 Å². The molecule has 2 aromatic rings. The number of carbonyl (C=O) groups is 1. The van der Waals surface area contributed by atoms with Crippen LogP contribution in [0.5, 0.6) is 11.5 Å². The van der Waals surface area contributed by atoms with E-state index < -0.39 is 0 Å². The molecule has 0 aromatic heterocycles. The minimum Gasteiger partial charge on any atom is -0.456 e. The Hall–Kier alpha value is -2.04. The minimum atomic E-state index is -0.268. The highest BCUT2D eigenvalue weighted by atomic mass is 35.5. The van der Waals surface area contributed by atoms with Crippen molar-refractivity contribution in [1.82, 2.24) is 5.32 Å². The molecule has 1 aliphatic heterocycles. The number of fused-ring (bicyclic) bond motifs is 1. The number of ether oxygens (including phenoxy) is 1. The van der Waals surface area contributed by atoms with E-state index in [0.717, 1.165) is 17.4 Å². The Morgan fingerprint density at radius 2 is 2.15 bits per heavy atom. The van der Waals surface area contributed by atoms with Crippen LogP contribution in [0.25, 0.3) is 0 Å². The van der Waals surface area contributed by atoms with Crippen molar-refractivity contribution in [2.45, 2.75) is 12.6 Å². The van der Waals surface area contributed by atoms with E-state index >= 15 is 0 Å². The van der Waals surface area contributed by atoms with Crippen molar-refractivity contribution in [2.24, 2.45) is 0 Å². The number of anilines is 1. The first kappa shape index (κ1) is 13.0. The molecular weight excluding hydrogens is 276 g/mol. The number of benzene rings is 2. The average Bonchev–Trinajstić information content (AvgIpc) is 2.84. The number of nitrogens with one attached hydrogen (secondary N) is 1. The highest BCUT2D eigenvalue weighted by Crippen LogP contribution is 2.34. The first-order valence-corrected chi connectivity index (χ1v) is 6.59. The molecule has 0 saturated carbocycles. The van der Waals surface area contributed by atoms with Crippen LogP contribution in [0.3, 0.4) is 0 Å². The summed E-state index contributed by atoms with van der Waals surface area (Å²) in [5.74, 6) is 1.18. The summed E-state index contributed by atoms with van der Waals surface area (Å²) in [5.41, 5.74) is 8.29. The first-order chi connectivity index (χ1) is 9.67. The summed E-state index contributed by atoms with van der Waals surface area (Å²) in [4.78, 5) is 11.0. The van der Waals surface area contributed by atoms with Crippen LogP contribution in [0.2, 0.25) is 5.02 Å². The Morgan fingerprint density at radius 3 is 2.90 bits per heavy atom. The van der Waals surface area contributed by atoms with Crippen LogP contribution in [0.15, 0.2) is 36.4 Å². The summed E-state index contributed by atoms with van der Waals surface area (Å²) in [5, 5.41) is 3.57. The molecule has 0 aliphatic carbocycles. The summed E-state index contributed by atoms with van der Waals surface area (Å²) >= 11 is 6.08. The molecule has 3 rings (SSSR count). The molecule has 0 fully saturated rings. The van der Waals surface area contributed by atoms with Crippen LogP contribution in [0.1, 0.15) is 17.2 Å². The second kappa shape index (κ2) is 5.15. The summed E-state index contributed by atoms with van der Waals surface area (Å²) in [6.07, 6.45) is 0.895. The highest BCUT2D eigenvalue weighted by molar-refractivity contribution is 6.32. The Kier molecular flexibility index (Phi) is 3.34. The minimum absolute atomic E-state index is 0.268. The van der Waals surface area contributed by atoms with E-state index in [1.54, 1.807) is 18.2 Å². The number of rotatable bonds is 3. The highest BCUT2D eigenvalue weighted by Gasteiger charge is 2.21. The van der Waals surface area contributed by atoms with Crippen molar-refractivity contribution in [3.63, 3.8) is 0 Å². The molecule has 0 saturated heterocycles. The number of hydrogen-bond donors (Lipinski definition) is 2. The maximum atomic E-state index is 11.0. The fraction of sp³-hybridized carbons (Fsp3) is 0.133. The third-order valence-electron chi connectivity index (χ3n) is 3.28. The quantitative estimate of drug-likeness (QED) is 0.673. The Balaban J connectivity index is 1.90. The number of aldehydes is 1. The van der Waals surface area contributed by atoms with Crippen LogP contribution in [0, 0.1) is 0 Å². The number of nitrogen functional groups attached to an aromatic ring is 1. The number of carbonyl (C=O) groups excluding carboxylic acids is 1. The molecule has 0 spiro atoms. The van der Waals surface area contributed by atoms with Crippen LogP contribution in [0.4, 0.5) is 5.69 Å². The summed E-state index contributed by atoms with van der Waals surface area (Å²) < 4.78 is 5.75. The number of nitrogens with two attached hydrogens (primary N) is 1. The molecule has 102 valence electrons. The van der Waals surface area contributed by atoms with Gasteiger partial charge in [-0.25, -0.2) is 0 Å². The van der Waals surface area contributed by atoms with Gasteiger partial charge in [0.1, 0.15) is 17.8 Å². The maximum Gasteiger partial charge on any atom is 0.146 e. The molecule has 1 heterocycles. The van der Waals surface area contributed by atoms with Crippen molar-refractivity contribution < 1.29 is 9.53 Å². The molecule has 1 atom stereocenters. The van der Waals surface area contributed by atoms with E-state index in [4.69, 9.17) is 22.1 Å². The summed E-state index contributed by atoms with van der Waals surface area (Å²) in [7, 11) is 0. The van der Waals surface area contributed by atoms with Gasteiger partial charge in [-0.05, 0) is 41.5 Å². The molecular formula is C15H13ClN2O2. The SMILES string of the molecule is Nc1ccc(Oc2ccc3c(c2)C(C=O)NC3)c(Cl)c1. The van der Waals surface area contributed by atoms with Crippen LogP contribution < -0.4 is 15.8 Å². The van der Waals surface area contributed by atoms with Gasteiger partial charge in [-0.2, -0.15) is 0 Å². The van der Waals surface area contributed by atoms with Crippen LogP contribution in [-0.4, -0.2) is 6.29 Å². The smallest absolute Gasteiger partial charge is 0.146 e. The average molecular weight is 289 g/mol. The lowest BCUT2D eigenvalue weighted by atomic mass is 10.1. The van der Waals surface area contributed by atoms with Crippen molar-refractivity contribution in [3.8, 4) is 11.5 Å². The standard InChI is InChI=1S/C15H13ClN2O2/c16-13-5-10(17)2-4-15(13)20-11-3-1-9-7-18-14(8-19)12(9)6-11/h1-6,8,14,18H,7,17H2. The monoisotopic (exact) mass is 288 g/mol. The molecule has 4 nitrogen and oxygen atoms in total. The molecule has 2 aromatic carbocycles. The topological polar surface area (TPSA) is 64.3 Å². The van der Waals surface area contributed by atoms with E-state index in [1.165, 1.54) is 0 Å². The van der Waals surface area contributed by atoms with E-state index in [2.05, 4.69) is 5.32 Å². The Morgan fingerprint density at radius 1 is 1.30 bits per heavy atom. The molecule has 0 radical (unpaired) electrons. The Bertz CT molecular complexity index is 673. The third kappa shape index (κ3) is 2.35. The van der Waals surface area contributed by atoms with Gasteiger partial charge in [0.25, 0.3) is 0 Å². The second-order valence-corrected chi connectivity index (χ2v) is 5.05. The first-order valence-electron chi connectivity index (χ1n) is 6.22. The zero-order valence-corrected chi connectivity index (χ0v) is 11.4. The van der Waals surface area contributed by atoms with Gasteiger partial charge in [0.05, 0.1) is 11.1 Å². The van der Waals surface area contributed by atoms with Crippen molar-refractivity contribution in [1.29, 1.82) is 0 Å². The van der Waals surface area contributed by atoms with Crippen molar-refractivity contribution >= 4 is 23.6 Å². The van der Waals surface area contributed by atoms with E-state index in [-0.39, 0.29) is 6.04 Å². The Labute approximate surface area is 121 Å². The van der Waals surface area contributed by atoms with Crippen LogP contribution in [-0.2, 0) is 11.3 Å². The third-order valence-corrected chi connectivity index (χ3v) is 3.58. The molecule has 5 heteroatoms. The second-order valence-electron chi connectivity index (χ2n) is 4.65. The van der Waals surface area contributed by atoms with E-state index in [0.29, 0.717) is 28.8 Å². The van der Waals surface area contributed by atoms with Gasteiger partial charge in [-0.1, -0.05) is 17.7 Å². The molecule has 1 aliphatic rings. The van der Waals surface area contributed by atoms with Gasteiger partial charge < -0.3 is 15.3 Å². The van der Waals surface area contributed by atoms with Gasteiger partial charge in [-0.15, -0.1) is 0 Å². The predicted octanol–water partition coefficient (Wildman–Crippen LogP) is 3.06. The predicted molar refractivity (Wildman–Crippen MR) is 78.0 cm³/mol. The molecule has 0 amide bonds. The van der Waals surface area contributed by atoms with E-state index in [1.807, 2.05) is 18.2 Å². The lowest BCUT2D eigenvalue weighted by molar-refractivity contribution is -0.109. The zero-order valence-electron chi connectivity index (χ0n) is 10.6. The fourth-order valence-electron chi connectivity index (χ4n) is 2.27. The molecule has 3 N–H and O–H groups in total. The fourth-order valence-corrected chi connectivity index (χ4v) is 2.49. The van der Waals surface area contributed by atoms with Gasteiger partial charge in [0, 0.05) is 12.2 Å². The van der Waals surface area contributed by atoms with E-state index in [9.17, 15) is 4.79 Å². The zero-order chi connectivity index (χ0) is 14.1. The summed E-state index contributed by atoms with van der Waals surface area (Å²) in [6.45, 7) is 0.696. The number of hydrogen-bond acceptors (Lipinski definition) is 4. The lowest BCUT2D eigenvalue weighted by Gasteiger charge is -2.10.